The number of allylic oxidation sites excluding steroid dienone is 1. The van der Waals surface area contributed by atoms with Gasteiger partial charge in [0.1, 0.15) is 22.8 Å². The molecule has 0 bridgehead atoms. The first kappa shape index (κ1) is 30.1. The van der Waals surface area contributed by atoms with Crippen LogP contribution < -0.4 is 15.5 Å². The molecule has 3 aliphatic rings. The van der Waals surface area contributed by atoms with Crippen molar-refractivity contribution in [3.05, 3.63) is 45.4 Å². The minimum absolute atomic E-state index is 0.000631. The van der Waals surface area contributed by atoms with Crippen molar-refractivity contribution in [3.63, 3.8) is 0 Å². The van der Waals surface area contributed by atoms with E-state index in [1.807, 2.05) is 0 Å². The summed E-state index contributed by atoms with van der Waals surface area (Å²) >= 11 is 0. The number of aromatic hydroxyl groups is 1. The van der Waals surface area contributed by atoms with Gasteiger partial charge in [-0.2, -0.15) is 0 Å². The Labute approximate surface area is 238 Å². The number of hydrogen-bond donors (Lipinski definition) is 6. The summed E-state index contributed by atoms with van der Waals surface area (Å²) in [5.41, 5.74) is -3.69. The van der Waals surface area contributed by atoms with E-state index in [1.165, 1.54) is 18.0 Å². The third-order valence-corrected chi connectivity index (χ3v) is 8.12. The van der Waals surface area contributed by atoms with Gasteiger partial charge in [-0.05, 0) is 65.3 Å². The van der Waals surface area contributed by atoms with Crippen LogP contribution in [0.1, 0.15) is 53.5 Å². The molecule has 0 unspecified atom stereocenters. The second kappa shape index (κ2) is 9.88. The third-order valence-electron chi connectivity index (χ3n) is 8.12. The summed E-state index contributed by atoms with van der Waals surface area (Å²) < 4.78 is 0. The van der Waals surface area contributed by atoms with Crippen molar-refractivity contribution in [3.8, 4) is 5.75 Å². The molecule has 6 N–H and O–H groups in total. The van der Waals surface area contributed by atoms with Gasteiger partial charge in [-0.1, -0.05) is 0 Å². The SMILES string of the molecule is CNC(=O)C1=C(O)[C@H](N(C)C)[C@@H]2C[C@@H]3Cc4c(N(C)C)cc(C(=O)NC(C)(C)C)c(O)c4C(=O)C3=C(O)[C@]2(O)C1=O. The highest BCUT2D eigenvalue weighted by Gasteiger charge is 2.63. The average molecular weight is 571 g/mol. The number of anilines is 1. The van der Waals surface area contributed by atoms with Gasteiger partial charge >= 0.3 is 0 Å². The van der Waals surface area contributed by atoms with Crippen LogP contribution in [0.25, 0.3) is 0 Å². The van der Waals surface area contributed by atoms with E-state index < -0.39 is 75.2 Å². The Morgan fingerprint density at radius 2 is 1.66 bits per heavy atom. The maximum atomic E-state index is 14.1. The standard InChI is InChI=1S/C29H38N4O8/c1-28(2,3)31-26(39)14-11-16(32(5)6)13-9-12-10-15-20(33(7)8)23(36)19(27(40)30-4)25(38)29(15,41)24(37)17(12)22(35)18(13)21(14)34/h11-12,15,20,34,36-37,41H,9-10H2,1-8H3,(H,30,40)(H,31,39)/t12-,15-,20+,29-/m0/s1. The number of ketones is 2. The molecular weight excluding hydrogens is 532 g/mol. The molecule has 1 aromatic rings. The molecule has 2 amide bonds. The van der Waals surface area contributed by atoms with Gasteiger partial charge < -0.3 is 36.0 Å². The Balaban J connectivity index is 1.97. The second-order valence-electron chi connectivity index (χ2n) is 12.4. The molecule has 0 radical (unpaired) electrons. The molecule has 0 fully saturated rings. The van der Waals surface area contributed by atoms with Gasteiger partial charge in [0.25, 0.3) is 11.8 Å². The fraction of sp³-hybridized carbons (Fsp3) is 0.517. The molecule has 0 aromatic heterocycles. The van der Waals surface area contributed by atoms with Crippen molar-refractivity contribution < 1.29 is 39.6 Å². The van der Waals surface area contributed by atoms with E-state index in [1.54, 1.807) is 53.9 Å². The van der Waals surface area contributed by atoms with Crippen LogP contribution in [0.4, 0.5) is 5.69 Å². The summed E-state index contributed by atoms with van der Waals surface area (Å²) in [6.45, 7) is 5.31. The lowest BCUT2D eigenvalue weighted by Gasteiger charge is -2.50. The molecule has 1 aromatic carbocycles. The molecule has 222 valence electrons. The number of aliphatic hydroxyl groups is 3. The lowest BCUT2D eigenvalue weighted by atomic mass is 9.58. The van der Waals surface area contributed by atoms with E-state index in [-0.39, 0.29) is 29.5 Å². The first-order valence-corrected chi connectivity index (χ1v) is 13.3. The predicted molar refractivity (Wildman–Crippen MR) is 150 cm³/mol. The van der Waals surface area contributed by atoms with Crippen LogP contribution in [-0.2, 0) is 16.0 Å². The number of phenols is 1. The summed E-state index contributed by atoms with van der Waals surface area (Å²) in [6.07, 6.45) is 0.136. The van der Waals surface area contributed by atoms with E-state index in [2.05, 4.69) is 10.6 Å². The van der Waals surface area contributed by atoms with Crippen molar-refractivity contribution in [1.82, 2.24) is 15.5 Å². The molecule has 0 saturated heterocycles. The number of nitrogens with zero attached hydrogens (tertiary/aromatic N) is 2. The third kappa shape index (κ3) is 4.45. The number of amides is 2. The molecule has 0 spiro atoms. The van der Waals surface area contributed by atoms with Gasteiger partial charge in [0.15, 0.2) is 11.4 Å². The average Bonchev–Trinajstić information content (AvgIpc) is 2.84. The molecule has 4 rings (SSSR count). The molecule has 41 heavy (non-hydrogen) atoms. The monoisotopic (exact) mass is 570 g/mol. The Morgan fingerprint density at radius 1 is 1.05 bits per heavy atom. The lowest BCUT2D eigenvalue weighted by molar-refractivity contribution is -0.148. The van der Waals surface area contributed by atoms with Gasteiger partial charge in [0, 0.05) is 43.9 Å². The largest absolute Gasteiger partial charge is 0.510 e. The van der Waals surface area contributed by atoms with Gasteiger partial charge in [0.2, 0.25) is 5.78 Å². The second-order valence-corrected chi connectivity index (χ2v) is 12.4. The van der Waals surface area contributed by atoms with Crippen LogP contribution in [0.3, 0.4) is 0 Å². The number of carbonyl (C=O) groups excluding carboxylic acids is 4. The number of hydrogen-bond acceptors (Lipinski definition) is 10. The van der Waals surface area contributed by atoms with E-state index in [9.17, 15) is 39.6 Å². The highest BCUT2D eigenvalue weighted by Crippen LogP contribution is 2.53. The summed E-state index contributed by atoms with van der Waals surface area (Å²) in [5.74, 6) is -7.44. The lowest BCUT2D eigenvalue weighted by Crippen LogP contribution is -2.64. The van der Waals surface area contributed by atoms with E-state index in [0.717, 1.165) is 0 Å². The zero-order valence-corrected chi connectivity index (χ0v) is 24.5. The van der Waals surface area contributed by atoms with Crippen LogP contribution in [-0.4, -0.2) is 101 Å². The number of benzene rings is 1. The van der Waals surface area contributed by atoms with E-state index >= 15 is 0 Å². The first-order chi connectivity index (χ1) is 18.9. The summed E-state index contributed by atoms with van der Waals surface area (Å²) in [5, 5.41) is 50.8. The van der Waals surface area contributed by atoms with Gasteiger partial charge in [-0.3, -0.25) is 24.1 Å². The Bertz CT molecular complexity index is 1430. The van der Waals surface area contributed by atoms with Crippen LogP contribution in [0.5, 0.6) is 5.75 Å². The van der Waals surface area contributed by atoms with Crippen molar-refractivity contribution in [2.75, 3.05) is 40.1 Å². The molecule has 12 heteroatoms. The molecule has 0 aliphatic heterocycles. The van der Waals surface area contributed by atoms with Crippen LogP contribution in [0.15, 0.2) is 28.7 Å². The van der Waals surface area contributed by atoms with Crippen molar-refractivity contribution >= 4 is 29.1 Å². The first-order valence-electron chi connectivity index (χ1n) is 13.3. The highest BCUT2D eigenvalue weighted by molar-refractivity contribution is 6.25. The molecule has 12 nitrogen and oxygen atoms in total. The number of rotatable bonds is 4. The fourth-order valence-electron chi connectivity index (χ4n) is 6.39. The minimum Gasteiger partial charge on any atom is -0.510 e. The minimum atomic E-state index is -2.69. The number of aliphatic hydroxyl groups excluding tert-OH is 2. The van der Waals surface area contributed by atoms with Crippen LogP contribution in [0, 0.1) is 11.8 Å². The topological polar surface area (TPSA) is 180 Å². The molecule has 0 saturated carbocycles. The number of Topliss-reactive ketones (excluding diaryl/α,β-unsaturated/α-hetero) is 2. The number of carbonyl (C=O) groups is 4. The van der Waals surface area contributed by atoms with E-state index in [0.29, 0.717) is 11.3 Å². The normalized spacial score (nSPS) is 26.0. The van der Waals surface area contributed by atoms with Crippen molar-refractivity contribution in [2.45, 2.75) is 50.8 Å². The maximum Gasteiger partial charge on any atom is 0.258 e. The van der Waals surface area contributed by atoms with Gasteiger partial charge in [-0.15, -0.1) is 0 Å². The Hall–Kier alpha value is -3.90. The Morgan fingerprint density at radius 3 is 2.17 bits per heavy atom. The zero-order chi connectivity index (χ0) is 30.9. The van der Waals surface area contributed by atoms with Gasteiger partial charge in [-0.25, -0.2) is 0 Å². The van der Waals surface area contributed by atoms with Crippen LogP contribution >= 0.6 is 0 Å². The zero-order valence-electron chi connectivity index (χ0n) is 24.5. The van der Waals surface area contributed by atoms with Gasteiger partial charge in [0.05, 0.1) is 17.2 Å². The number of nitrogens with one attached hydrogen (secondary N) is 2. The predicted octanol–water partition coefficient (Wildman–Crippen LogP) is 0.976. The van der Waals surface area contributed by atoms with E-state index in [4.69, 9.17) is 0 Å². The Kier molecular flexibility index (Phi) is 7.24. The molecular formula is C29H38N4O8. The summed E-state index contributed by atoms with van der Waals surface area (Å²) in [7, 11) is 7.92. The number of fused-ring (bicyclic) bond motifs is 3. The number of likely N-dealkylation sites (N-methyl/N-ethyl adjacent to an activating group) is 2. The molecule has 4 atom stereocenters. The maximum absolute atomic E-state index is 14.1. The van der Waals surface area contributed by atoms with Crippen molar-refractivity contribution in [2.24, 2.45) is 11.8 Å². The fourth-order valence-corrected chi connectivity index (χ4v) is 6.39. The van der Waals surface area contributed by atoms with Crippen LogP contribution in [0.2, 0.25) is 0 Å². The number of phenolic OH excluding ortho intramolecular Hbond substituents is 1. The summed E-state index contributed by atoms with van der Waals surface area (Å²) in [4.78, 5) is 56.7. The highest BCUT2D eigenvalue weighted by atomic mass is 16.3. The van der Waals surface area contributed by atoms with Crippen molar-refractivity contribution in [1.29, 1.82) is 0 Å². The quantitative estimate of drug-likeness (QED) is 0.286. The molecule has 0 heterocycles. The smallest absolute Gasteiger partial charge is 0.258 e. The summed E-state index contributed by atoms with van der Waals surface area (Å²) in [6, 6.07) is 0.475. The molecule has 3 aliphatic carbocycles.